The Bertz CT molecular complexity index is 843. The van der Waals surface area contributed by atoms with Gasteiger partial charge in [0.05, 0.1) is 5.69 Å². The number of hydrogen-bond acceptors (Lipinski definition) is 5. The molecule has 1 saturated heterocycles. The lowest BCUT2D eigenvalue weighted by molar-refractivity contribution is -0.130. The smallest absolute Gasteiger partial charge is 0.219 e. The Balaban J connectivity index is 0.000000212. The molecule has 2 unspecified atom stereocenters. The van der Waals surface area contributed by atoms with Gasteiger partial charge < -0.3 is 15.1 Å². The van der Waals surface area contributed by atoms with Gasteiger partial charge in [0.25, 0.3) is 0 Å². The standard InChI is InChI=1S/C13H24N2O.C10H10N2O2.C2H6/c1-11-3-4-13(11)5-6-14-7-9-15(10-8-14)12(2)16;1-7-4-5-12(11-7)9-3-2-8(13)6-10(9)14;1-2/h11,13H,3-10H2,1-2H3;2-6,13-14H,1H3;1-2H3. The van der Waals surface area contributed by atoms with Gasteiger partial charge in [-0.05, 0) is 56.3 Å². The van der Waals surface area contributed by atoms with Crippen LogP contribution in [0.4, 0.5) is 0 Å². The van der Waals surface area contributed by atoms with Gasteiger partial charge in [0.1, 0.15) is 17.2 Å². The third-order valence-electron chi connectivity index (χ3n) is 6.36. The largest absolute Gasteiger partial charge is 0.508 e. The first-order chi connectivity index (χ1) is 15.3. The fourth-order valence-electron chi connectivity index (χ4n) is 4.05. The van der Waals surface area contributed by atoms with E-state index in [1.165, 1.54) is 37.9 Å². The summed E-state index contributed by atoms with van der Waals surface area (Å²) in [5, 5.41) is 22.8. The van der Waals surface area contributed by atoms with Gasteiger partial charge >= 0.3 is 0 Å². The SMILES string of the molecule is CC.CC(=O)N1CCN(CCC2CCC2C)CC1.Cc1ccn(-c2ccc(O)cc2O)n1. The topological polar surface area (TPSA) is 81.8 Å². The van der Waals surface area contributed by atoms with Crippen LogP contribution in [0.3, 0.4) is 0 Å². The molecule has 1 aliphatic heterocycles. The third kappa shape index (κ3) is 7.26. The van der Waals surface area contributed by atoms with Crippen LogP contribution in [-0.4, -0.2) is 68.4 Å². The molecule has 1 aromatic carbocycles. The second-order valence-corrected chi connectivity index (χ2v) is 8.53. The monoisotopic (exact) mass is 444 g/mol. The molecule has 2 heterocycles. The first kappa shape index (κ1) is 25.7. The second-order valence-electron chi connectivity index (χ2n) is 8.53. The van der Waals surface area contributed by atoms with Crippen molar-refractivity contribution in [2.75, 3.05) is 32.7 Å². The number of phenols is 2. The Morgan fingerprint density at radius 3 is 2.25 bits per heavy atom. The lowest BCUT2D eigenvalue weighted by Crippen LogP contribution is -2.48. The maximum atomic E-state index is 11.2. The van der Waals surface area contributed by atoms with Crippen molar-refractivity contribution in [1.82, 2.24) is 19.6 Å². The van der Waals surface area contributed by atoms with Crippen LogP contribution in [0, 0.1) is 18.8 Å². The molecule has 4 rings (SSSR count). The Morgan fingerprint density at radius 2 is 1.78 bits per heavy atom. The molecule has 2 aromatic rings. The highest BCUT2D eigenvalue weighted by Gasteiger charge is 2.27. The van der Waals surface area contributed by atoms with E-state index in [0.717, 1.165) is 43.7 Å². The average Bonchev–Trinajstić information content (AvgIpc) is 3.21. The van der Waals surface area contributed by atoms with E-state index >= 15 is 0 Å². The summed E-state index contributed by atoms with van der Waals surface area (Å²) in [6.07, 6.45) is 5.99. The zero-order chi connectivity index (χ0) is 23.7. The number of carbonyl (C=O) groups excluding carboxylic acids is 1. The molecule has 1 amide bonds. The van der Waals surface area contributed by atoms with Crippen molar-refractivity contribution < 1.29 is 15.0 Å². The van der Waals surface area contributed by atoms with E-state index < -0.39 is 0 Å². The van der Waals surface area contributed by atoms with Gasteiger partial charge in [-0.25, -0.2) is 4.68 Å². The van der Waals surface area contributed by atoms with E-state index in [4.69, 9.17) is 5.11 Å². The predicted octanol–water partition coefficient (Wildman–Crippen LogP) is 4.20. The molecule has 1 aliphatic carbocycles. The Kier molecular flexibility index (Phi) is 10.0. The summed E-state index contributed by atoms with van der Waals surface area (Å²) in [5.74, 6) is 2.21. The van der Waals surface area contributed by atoms with E-state index in [1.807, 2.05) is 31.7 Å². The van der Waals surface area contributed by atoms with Crippen molar-refractivity contribution in [1.29, 1.82) is 0 Å². The molecular weight excluding hydrogens is 404 g/mol. The number of piperazine rings is 1. The molecule has 1 aromatic heterocycles. The van der Waals surface area contributed by atoms with Crippen molar-refractivity contribution >= 4 is 5.91 Å². The highest BCUT2D eigenvalue weighted by Crippen LogP contribution is 2.36. The summed E-state index contributed by atoms with van der Waals surface area (Å²) in [5.41, 5.74) is 1.42. The van der Waals surface area contributed by atoms with Gasteiger partial charge in [0, 0.05) is 45.4 Å². The Hall–Kier alpha value is -2.54. The third-order valence-corrected chi connectivity index (χ3v) is 6.36. The maximum Gasteiger partial charge on any atom is 0.219 e. The molecule has 7 nitrogen and oxygen atoms in total. The van der Waals surface area contributed by atoms with Crippen LogP contribution >= 0.6 is 0 Å². The molecule has 0 spiro atoms. The van der Waals surface area contributed by atoms with Crippen molar-refractivity contribution in [3.63, 3.8) is 0 Å². The van der Waals surface area contributed by atoms with E-state index in [-0.39, 0.29) is 17.4 Å². The van der Waals surface area contributed by atoms with E-state index in [9.17, 15) is 9.90 Å². The molecule has 0 radical (unpaired) electrons. The van der Waals surface area contributed by atoms with Crippen LogP contribution in [-0.2, 0) is 4.79 Å². The van der Waals surface area contributed by atoms with E-state index in [1.54, 1.807) is 23.9 Å². The van der Waals surface area contributed by atoms with Gasteiger partial charge in [0.2, 0.25) is 5.91 Å². The highest BCUT2D eigenvalue weighted by atomic mass is 16.3. The van der Waals surface area contributed by atoms with Crippen LogP contribution in [0.15, 0.2) is 30.5 Å². The normalized spacial score (nSPS) is 20.3. The zero-order valence-electron chi connectivity index (χ0n) is 20.3. The van der Waals surface area contributed by atoms with E-state index in [2.05, 4.69) is 16.9 Å². The van der Waals surface area contributed by atoms with Crippen molar-refractivity contribution in [2.45, 2.75) is 53.9 Å². The quantitative estimate of drug-likeness (QED) is 0.738. The number of aryl methyl sites for hydroxylation is 1. The van der Waals surface area contributed by atoms with Gasteiger partial charge in [-0.3, -0.25) is 9.69 Å². The van der Waals surface area contributed by atoms with Crippen LogP contribution in [0.25, 0.3) is 5.69 Å². The number of amides is 1. The molecule has 7 heteroatoms. The summed E-state index contributed by atoms with van der Waals surface area (Å²) in [6, 6.07) is 6.24. The van der Waals surface area contributed by atoms with Crippen LogP contribution in [0.1, 0.15) is 52.7 Å². The summed E-state index contributed by atoms with van der Waals surface area (Å²) < 4.78 is 1.56. The molecule has 2 fully saturated rings. The average molecular weight is 445 g/mol. The van der Waals surface area contributed by atoms with Gasteiger partial charge in [0.15, 0.2) is 0 Å². The summed E-state index contributed by atoms with van der Waals surface area (Å²) >= 11 is 0. The number of rotatable bonds is 4. The summed E-state index contributed by atoms with van der Waals surface area (Å²) in [4.78, 5) is 15.7. The molecular formula is C25H40N4O3. The fourth-order valence-corrected chi connectivity index (χ4v) is 4.05. The number of aromatic nitrogens is 2. The lowest BCUT2D eigenvalue weighted by atomic mass is 9.73. The van der Waals surface area contributed by atoms with E-state index in [0.29, 0.717) is 5.69 Å². The fraction of sp³-hybridized carbons (Fsp3) is 0.600. The molecule has 178 valence electrons. The number of phenolic OH excluding ortho intramolecular Hbond substituents is 2. The molecule has 2 aliphatic rings. The second kappa shape index (κ2) is 12.5. The minimum atomic E-state index is 0.00750. The summed E-state index contributed by atoms with van der Waals surface area (Å²) in [6.45, 7) is 15.1. The van der Waals surface area contributed by atoms with Crippen molar-refractivity contribution in [2.24, 2.45) is 11.8 Å². The molecule has 2 N–H and O–H groups in total. The number of aromatic hydroxyl groups is 2. The van der Waals surface area contributed by atoms with Gasteiger partial charge in [-0.2, -0.15) is 5.10 Å². The number of benzene rings is 1. The van der Waals surface area contributed by atoms with Crippen LogP contribution in [0.2, 0.25) is 0 Å². The number of nitrogens with zero attached hydrogens (tertiary/aromatic N) is 4. The highest BCUT2D eigenvalue weighted by molar-refractivity contribution is 5.73. The maximum absolute atomic E-state index is 11.2. The molecule has 0 bridgehead atoms. The van der Waals surface area contributed by atoms with Crippen LogP contribution < -0.4 is 0 Å². The Labute approximate surface area is 192 Å². The number of carbonyl (C=O) groups is 1. The van der Waals surface area contributed by atoms with Crippen molar-refractivity contribution in [3.05, 3.63) is 36.2 Å². The first-order valence-electron chi connectivity index (χ1n) is 11.9. The van der Waals surface area contributed by atoms with Crippen molar-refractivity contribution in [3.8, 4) is 17.2 Å². The zero-order valence-corrected chi connectivity index (χ0v) is 20.3. The van der Waals surface area contributed by atoms with Gasteiger partial charge in [-0.1, -0.05) is 27.2 Å². The Morgan fingerprint density at radius 1 is 1.09 bits per heavy atom. The first-order valence-corrected chi connectivity index (χ1v) is 11.9. The number of hydrogen-bond donors (Lipinski definition) is 2. The minimum absolute atomic E-state index is 0.00750. The molecule has 32 heavy (non-hydrogen) atoms. The lowest BCUT2D eigenvalue weighted by Gasteiger charge is -2.38. The molecule has 2 atom stereocenters. The molecule has 1 saturated carbocycles. The minimum Gasteiger partial charge on any atom is -0.508 e. The predicted molar refractivity (Wildman–Crippen MR) is 128 cm³/mol. The van der Waals surface area contributed by atoms with Crippen LogP contribution in [0.5, 0.6) is 11.5 Å². The summed E-state index contributed by atoms with van der Waals surface area (Å²) in [7, 11) is 0. The van der Waals surface area contributed by atoms with Gasteiger partial charge in [-0.15, -0.1) is 0 Å².